The third-order valence-corrected chi connectivity index (χ3v) is 1.99. The first-order valence-electron chi connectivity index (χ1n) is 4.77. The van der Waals surface area contributed by atoms with Gasteiger partial charge in [0.15, 0.2) is 0 Å². The molecule has 1 rings (SSSR count). The van der Waals surface area contributed by atoms with Crippen molar-refractivity contribution in [1.82, 2.24) is 4.81 Å². The highest BCUT2D eigenvalue weighted by molar-refractivity contribution is 6.64. The maximum Gasteiger partial charge on any atom is 0.293 e. The van der Waals surface area contributed by atoms with Gasteiger partial charge in [-0.05, 0) is 12.6 Å². The van der Waals surface area contributed by atoms with E-state index in [9.17, 15) is 9.59 Å². The largest absolute Gasteiger partial charge is 0.336 e. The predicted octanol–water partition coefficient (Wildman–Crippen LogP) is 0.539. The van der Waals surface area contributed by atoms with Gasteiger partial charge in [-0.2, -0.15) is 0 Å². The molecular formula is C11H13BNO2. The Morgan fingerprint density at radius 2 is 2.07 bits per heavy atom. The lowest BCUT2D eigenvalue weighted by Gasteiger charge is -2.10. The lowest BCUT2D eigenvalue weighted by molar-refractivity contribution is -0.118. The predicted molar refractivity (Wildman–Crippen MR) is 60.3 cm³/mol. The SMILES string of the molecule is CN([B]C=O)CC(=O)Cc1ccccc1. The summed E-state index contributed by atoms with van der Waals surface area (Å²) in [5.41, 5.74) is 1.00. The van der Waals surface area contributed by atoms with E-state index in [1.807, 2.05) is 30.3 Å². The van der Waals surface area contributed by atoms with Gasteiger partial charge in [-0.15, -0.1) is 0 Å². The van der Waals surface area contributed by atoms with Crippen molar-refractivity contribution in [2.45, 2.75) is 6.42 Å². The monoisotopic (exact) mass is 202 g/mol. The van der Waals surface area contributed by atoms with Gasteiger partial charge >= 0.3 is 0 Å². The van der Waals surface area contributed by atoms with Gasteiger partial charge in [0, 0.05) is 13.0 Å². The highest BCUT2D eigenvalue weighted by Gasteiger charge is 2.07. The zero-order valence-corrected chi connectivity index (χ0v) is 8.72. The summed E-state index contributed by atoms with van der Waals surface area (Å²) < 4.78 is 0. The molecule has 0 aliphatic heterocycles. The van der Waals surface area contributed by atoms with Crippen LogP contribution >= 0.6 is 0 Å². The van der Waals surface area contributed by atoms with Crippen LogP contribution in [-0.4, -0.2) is 37.8 Å². The molecule has 0 spiro atoms. The second-order valence-electron chi connectivity index (χ2n) is 3.40. The van der Waals surface area contributed by atoms with Crippen molar-refractivity contribution in [3.05, 3.63) is 35.9 Å². The van der Waals surface area contributed by atoms with E-state index in [1.54, 1.807) is 11.9 Å². The third kappa shape index (κ3) is 4.56. The van der Waals surface area contributed by atoms with Crippen molar-refractivity contribution in [2.24, 2.45) is 0 Å². The molecule has 0 fully saturated rings. The number of rotatable bonds is 6. The summed E-state index contributed by atoms with van der Waals surface area (Å²) in [4.78, 5) is 23.2. The first-order chi connectivity index (χ1) is 7.22. The summed E-state index contributed by atoms with van der Waals surface area (Å²) in [6, 6.07) is 9.57. The van der Waals surface area contributed by atoms with E-state index >= 15 is 0 Å². The summed E-state index contributed by atoms with van der Waals surface area (Å²) in [6.07, 6.45) is 1.09. The van der Waals surface area contributed by atoms with E-state index in [-0.39, 0.29) is 12.3 Å². The number of carbonyl (C=O) groups excluding carboxylic acids is 2. The molecule has 1 aromatic rings. The van der Waals surface area contributed by atoms with Crippen molar-refractivity contribution in [3.63, 3.8) is 0 Å². The lowest BCUT2D eigenvalue weighted by Crippen LogP contribution is -2.31. The van der Waals surface area contributed by atoms with Crippen LogP contribution in [0.5, 0.6) is 0 Å². The van der Waals surface area contributed by atoms with Crippen LogP contribution in [0.3, 0.4) is 0 Å². The molecule has 0 aromatic heterocycles. The van der Waals surface area contributed by atoms with Gasteiger partial charge < -0.3 is 9.61 Å². The van der Waals surface area contributed by atoms with E-state index in [0.29, 0.717) is 12.6 Å². The van der Waals surface area contributed by atoms with Crippen LogP contribution in [0.4, 0.5) is 0 Å². The van der Waals surface area contributed by atoms with Gasteiger partial charge in [0.1, 0.15) is 5.78 Å². The van der Waals surface area contributed by atoms with Crippen LogP contribution in [0.1, 0.15) is 5.56 Å². The van der Waals surface area contributed by atoms with Crippen LogP contribution in [-0.2, 0) is 16.0 Å². The summed E-state index contributed by atoms with van der Waals surface area (Å²) in [5.74, 6) is 0.0989. The molecule has 3 nitrogen and oxygen atoms in total. The minimum Gasteiger partial charge on any atom is -0.336 e. The molecule has 77 valence electrons. The Bertz CT molecular complexity index is 327. The molecule has 0 amide bonds. The number of ketones is 1. The number of Topliss-reactive ketones (excluding diaryl/α,β-unsaturated/α-hetero) is 1. The molecule has 0 bridgehead atoms. The summed E-state index contributed by atoms with van der Waals surface area (Å²) >= 11 is 0. The van der Waals surface area contributed by atoms with Gasteiger partial charge in [-0.25, -0.2) is 0 Å². The maximum absolute atomic E-state index is 11.5. The highest BCUT2D eigenvalue weighted by atomic mass is 16.1. The van der Waals surface area contributed by atoms with Crippen molar-refractivity contribution in [2.75, 3.05) is 13.6 Å². The molecule has 4 heteroatoms. The Balaban J connectivity index is 2.39. The number of benzene rings is 1. The van der Waals surface area contributed by atoms with Crippen LogP contribution in [0.15, 0.2) is 30.3 Å². The minimum absolute atomic E-state index is 0.0989. The molecule has 0 aliphatic carbocycles. The number of nitrogens with zero attached hydrogens (tertiary/aromatic N) is 1. The fourth-order valence-corrected chi connectivity index (χ4v) is 1.31. The van der Waals surface area contributed by atoms with Gasteiger partial charge in [-0.3, -0.25) is 4.79 Å². The summed E-state index contributed by atoms with van der Waals surface area (Å²) in [5, 5.41) is 0. The van der Waals surface area contributed by atoms with E-state index in [4.69, 9.17) is 0 Å². The molecule has 0 atom stereocenters. The average molecular weight is 202 g/mol. The van der Waals surface area contributed by atoms with Crippen LogP contribution < -0.4 is 0 Å². The number of carbonyl (C=O) groups is 2. The van der Waals surface area contributed by atoms with Crippen molar-refractivity contribution in [1.29, 1.82) is 0 Å². The maximum atomic E-state index is 11.5. The Kier molecular flexibility index (Phi) is 4.77. The average Bonchev–Trinajstić information content (AvgIpc) is 2.19. The van der Waals surface area contributed by atoms with Gasteiger partial charge in [-0.1, -0.05) is 30.3 Å². The first-order valence-corrected chi connectivity index (χ1v) is 4.77. The Labute approximate surface area is 90.3 Å². The van der Waals surface area contributed by atoms with Crippen molar-refractivity contribution < 1.29 is 9.59 Å². The molecular weight excluding hydrogens is 189 g/mol. The summed E-state index contributed by atoms with van der Waals surface area (Å²) in [6.45, 7) is 0.271. The second kappa shape index (κ2) is 6.14. The third-order valence-electron chi connectivity index (χ3n) is 1.99. The zero-order valence-electron chi connectivity index (χ0n) is 8.72. The van der Waals surface area contributed by atoms with Crippen molar-refractivity contribution in [3.8, 4) is 0 Å². The van der Waals surface area contributed by atoms with E-state index in [0.717, 1.165) is 5.56 Å². The second-order valence-corrected chi connectivity index (χ2v) is 3.40. The lowest BCUT2D eigenvalue weighted by atomic mass is 9.95. The highest BCUT2D eigenvalue weighted by Crippen LogP contribution is 2.00. The molecule has 0 aliphatic rings. The van der Waals surface area contributed by atoms with Crippen LogP contribution in [0, 0.1) is 0 Å². The summed E-state index contributed by atoms with van der Waals surface area (Å²) in [7, 11) is 3.06. The minimum atomic E-state index is 0.0989. The number of hydrogen-bond acceptors (Lipinski definition) is 3. The van der Waals surface area contributed by atoms with Gasteiger partial charge in [0.25, 0.3) is 7.41 Å². The van der Waals surface area contributed by atoms with E-state index in [2.05, 4.69) is 0 Å². The topological polar surface area (TPSA) is 37.4 Å². The van der Waals surface area contributed by atoms with Gasteiger partial charge in [0.2, 0.25) is 0 Å². The fraction of sp³-hybridized carbons (Fsp3) is 0.273. The number of likely N-dealkylation sites (N-methyl/N-ethyl adjacent to an activating group) is 1. The van der Waals surface area contributed by atoms with Gasteiger partial charge in [0.05, 0.1) is 6.19 Å². The van der Waals surface area contributed by atoms with Crippen LogP contribution in [0.2, 0.25) is 0 Å². The Hall–Kier alpha value is -1.42. The normalized spacial score (nSPS) is 10.0. The molecule has 15 heavy (non-hydrogen) atoms. The molecule has 0 saturated heterocycles. The first kappa shape index (κ1) is 11.7. The standard InChI is InChI=1S/C11H13BNO2/c1-13(12-9-14)8-11(15)7-10-5-3-2-4-6-10/h2-6,9H,7-8H2,1H3. The molecule has 0 saturated carbocycles. The number of hydrogen-bond donors (Lipinski definition) is 0. The molecule has 0 N–H and O–H groups in total. The smallest absolute Gasteiger partial charge is 0.293 e. The Morgan fingerprint density at radius 3 is 2.67 bits per heavy atom. The zero-order chi connectivity index (χ0) is 11.1. The Morgan fingerprint density at radius 1 is 1.40 bits per heavy atom. The quantitative estimate of drug-likeness (QED) is 0.499. The molecule has 0 unspecified atom stereocenters. The fourth-order valence-electron chi connectivity index (χ4n) is 1.31. The molecule has 1 radical (unpaired) electrons. The molecule has 0 heterocycles. The molecule has 1 aromatic carbocycles. The van der Waals surface area contributed by atoms with Crippen LogP contribution in [0.25, 0.3) is 0 Å². The van der Waals surface area contributed by atoms with E-state index < -0.39 is 0 Å². The van der Waals surface area contributed by atoms with Crippen molar-refractivity contribution >= 4 is 19.4 Å². The van der Waals surface area contributed by atoms with E-state index in [1.165, 1.54) is 7.41 Å².